The number of amides is 1. The van der Waals surface area contributed by atoms with E-state index in [0.717, 1.165) is 19.4 Å². The van der Waals surface area contributed by atoms with Gasteiger partial charge in [-0.25, -0.2) is 19.3 Å². The summed E-state index contributed by atoms with van der Waals surface area (Å²) >= 11 is 0. The quantitative estimate of drug-likeness (QED) is 0.431. The summed E-state index contributed by atoms with van der Waals surface area (Å²) in [5.74, 6) is 0.476. The highest BCUT2D eigenvalue weighted by Crippen LogP contribution is 2.39. The number of aromatic amines is 1. The first-order chi connectivity index (χ1) is 15.3. The van der Waals surface area contributed by atoms with Crippen LogP contribution in [0.5, 0.6) is 0 Å². The number of ether oxygens (including phenoxy) is 1. The van der Waals surface area contributed by atoms with Crippen molar-refractivity contribution in [3.8, 4) is 11.1 Å². The normalized spacial score (nSPS) is 15.9. The lowest BCUT2D eigenvalue weighted by Gasteiger charge is -2.16. The van der Waals surface area contributed by atoms with Gasteiger partial charge in [0.2, 0.25) is 12.4 Å². The molecule has 0 aliphatic carbocycles. The standard InChI is InChI=1S/C19H22FN5O2.C3H7NO/c1-19(2,26)17-22-8-10(9-23-17)11-7-12-16(25-18(21-3)24-12)14(15(11)20)13-5-4-6-27-13;1-2-4-3-5/h7-9,13,26H,4-6H2,1-3H3,(H2,21,24,25);3H,2H2,1H3,(H,4,5)/t13-;/m1./s1. The highest BCUT2D eigenvalue weighted by molar-refractivity contribution is 5.87. The first-order valence-electron chi connectivity index (χ1n) is 10.5. The van der Waals surface area contributed by atoms with Crippen LogP contribution >= 0.6 is 0 Å². The zero-order valence-corrected chi connectivity index (χ0v) is 18.7. The van der Waals surface area contributed by atoms with Crippen LogP contribution in [-0.2, 0) is 15.1 Å². The van der Waals surface area contributed by atoms with E-state index in [-0.39, 0.29) is 17.7 Å². The molecular weight excluding hydrogens is 415 g/mol. The molecule has 0 radical (unpaired) electrons. The van der Waals surface area contributed by atoms with Gasteiger partial charge in [-0.15, -0.1) is 0 Å². The lowest BCUT2D eigenvalue weighted by Crippen LogP contribution is -2.19. The molecule has 3 aromatic rings. The van der Waals surface area contributed by atoms with Gasteiger partial charge >= 0.3 is 0 Å². The number of carbonyl (C=O) groups is 1. The average Bonchev–Trinajstić information content (AvgIpc) is 3.43. The number of rotatable bonds is 6. The van der Waals surface area contributed by atoms with Crippen LogP contribution in [0.25, 0.3) is 22.2 Å². The molecular formula is C22H29FN6O3. The maximum absolute atomic E-state index is 15.5. The van der Waals surface area contributed by atoms with Crippen molar-refractivity contribution >= 4 is 23.4 Å². The molecule has 1 aromatic carbocycles. The molecule has 1 atom stereocenters. The molecule has 0 saturated carbocycles. The molecule has 172 valence electrons. The minimum Gasteiger partial charge on any atom is -0.382 e. The largest absolute Gasteiger partial charge is 0.382 e. The van der Waals surface area contributed by atoms with Crippen molar-refractivity contribution in [1.29, 1.82) is 0 Å². The number of H-pyrrole nitrogens is 1. The Morgan fingerprint density at radius 1 is 1.38 bits per heavy atom. The fourth-order valence-electron chi connectivity index (χ4n) is 3.45. The Hall–Kier alpha value is -3.11. The summed E-state index contributed by atoms with van der Waals surface area (Å²) in [5.41, 5.74) is 1.50. The Morgan fingerprint density at radius 3 is 2.59 bits per heavy atom. The van der Waals surface area contributed by atoms with Gasteiger partial charge in [0.15, 0.2) is 5.82 Å². The number of carbonyl (C=O) groups excluding carboxylic acids is 1. The van der Waals surface area contributed by atoms with Gasteiger partial charge in [0.1, 0.15) is 11.4 Å². The first kappa shape index (κ1) is 23.6. The van der Waals surface area contributed by atoms with E-state index in [4.69, 9.17) is 4.74 Å². The fraction of sp³-hybridized carbons (Fsp3) is 0.455. The first-order valence-corrected chi connectivity index (χ1v) is 10.5. The minimum atomic E-state index is -1.16. The lowest BCUT2D eigenvalue weighted by molar-refractivity contribution is -0.109. The van der Waals surface area contributed by atoms with Crippen LogP contribution in [0.1, 0.15) is 51.1 Å². The van der Waals surface area contributed by atoms with Crippen molar-refractivity contribution in [2.24, 2.45) is 0 Å². The molecule has 1 fully saturated rings. The molecule has 1 amide bonds. The molecule has 9 nitrogen and oxygen atoms in total. The van der Waals surface area contributed by atoms with Gasteiger partial charge in [-0.2, -0.15) is 0 Å². The molecule has 0 unspecified atom stereocenters. The van der Waals surface area contributed by atoms with Crippen LogP contribution in [-0.4, -0.2) is 51.7 Å². The monoisotopic (exact) mass is 444 g/mol. The van der Waals surface area contributed by atoms with E-state index in [1.807, 2.05) is 6.92 Å². The smallest absolute Gasteiger partial charge is 0.207 e. The summed E-state index contributed by atoms with van der Waals surface area (Å²) < 4.78 is 21.3. The van der Waals surface area contributed by atoms with Crippen LogP contribution in [0.3, 0.4) is 0 Å². The van der Waals surface area contributed by atoms with E-state index in [1.54, 1.807) is 27.0 Å². The number of imidazole rings is 1. The Balaban J connectivity index is 0.000000523. The van der Waals surface area contributed by atoms with Gasteiger partial charge in [0.05, 0.1) is 17.1 Å². The van der Waals surface area contributed by atoms with E-state index in [2.05, 4.69) is 30.6 Å². The number of anilines is 1. The highest BCUT2D eigenvalue weighted by atomic mass is 19.1. The molecule has 0 spiro atoms. The number of hydrogen-bond donors (Lipinski definition) is 4. The average molecular weight is 445 g/mol. The molecule has 4 N–H and O–H groups in total. The Bertz CT molecular complexity index is 1060. The molecule has 10 heteroatoms. The van der Waals surface area contributed by atoms with Gasteiger partial charge in [-0.3, -0.25) is 4.79 Å². The predicted octanol–water partition coefficient (Wildman–Crippen LogP) is 3.03. The number of benzene rings is 1. The third-order valence-corrected chi connectivity index (χ3v) is 5.03. The number of nitrogens with zero attached hydrogens (tertiary/aromatic N) is 3. The van der Waals surface area contributed by atoms with Crippen LogP contribution in [0.4, 0.5) is 10.3 Å². The van der Waals surface area contributed by atoms with E-state index < -0.39 is 5.60 Å². The Labute approximate surface area is 185 Å². The van der Waals surface area contributed by atoms with Gasteiger partial charge < -0.3 is 25.5 Å². The Morgan fingerprint density at radius 2 is 2.09 bits per heavy atom. The van der Waals surface area contributed by atoms with E-state index in [0.29, 0.717) is 46.7 Å². The van der Waals surface area contributed by atoms with Gasteiger partial charge in [0, 0.05) is 49.3 Å². The van der Waals surface area contributed by atoms with Gasteiger partial charge in [-0.05, 0) is 39.7 Å². The summed E-state index contributed by atoms with van der Waals surface area (Å²) in [6.45, 7) is 6.42. The second-order valence-electron chi connectivity index (χ2n) is 7.91. The number of aliphatic hydroxyl groups is 1. The maximum atomic E-state index is 15.5. The van der Waals surface area contributed by atoms with Crippen molar-refractivity contribution in [3.05, 3.63) is 35.7 Å². The van der Waals surface area contributed by atoms with Crippen molar-refractivity contribution in [2.75, 3.05) is 25.5 Å². The summed E-state index contributed by atoms with van der Waals surface area (Å²) in [5, 5.41) is 15.4. The zero-order chi connectivity index (χ0) is 23.3. The molecule has 0 bridgehead atoms. The van der Waals surface area contributed by atoms with Crippen molar-refractivity contribution < 1.29 is 19.0 Å². The number of hydrogen-bond acceptors (Lipinski definition) is 7. The van der Waals surface area contributed by atoms with E-state index in [1.165, 1.54) is 12.4 Å². The van der Waals surface area contributed by atoms with Gasteiger partial charge in [-0.1, -0.05) is 0 Å². The van der Waals surface area contributed by atoms with Gasteiger partial charge in [0.25, 0.3) is 0 Å². The SMILES string of the molecule is CCNC=O.CNc1nc2c([C@H]3CCCO3)c(F)c(-c3cnc(C(C)(C)O)nc3)cc2[nH]1. The van der Waals surface area contributed by atoms with Crippen LogP contribution < -0.4 is 10.6 Å². The lowest BCUT2D eigenvalue weighted by atomic mass is 9.98. The minimum absolute atomic E-state index is 0.283. The van der Waals surface area contributed by atoms with E-state index in [9.17, 15) is 9.90 Å². The molecule has 1 aliphatic heterocycles. The maximum Gasteiger partial charge on any atom is 0.207 e. The molecule has 3 heterocycles. The van der Waals surface area contributed by atoms with Crippen molar-refractivity contribution in [2.45, 2.75) is 45.3 Å². The number of aromatic nitrogens is 4. The van der Waals surface area contributed by atoms with Crippen LogP contribution in [0.2, 0.25) is 0 Å². The number of fused-ring (bicyclic) bond motifs is 1. The predicted molar refractivity (Wildman–Crippen MR) is 120 cm³/mol. The second kappa shape index (κ2) is 10.0. The van der Waals surface area contributed by atoms with E-state index >= 15 is 4.39 Å². The summed E-state index contributed by atoms with van der Waals surface area (Å²) in [6.07, 6.45) is 5.06. The fourth-order valence-corrected chi connectivity index (χ4v) is 3.45. The molecule has 2 aromatic heterocycles. The summed E-state index contributed by atoms with van der Waals surface area (Å²) in [7, 11) is 1.75. The summed E-state index contributed by atoms with van der Waals surface area (Å²) in [4.78, 5) is 25.3. The zero-order valence-electron chi connectivity index (χ0n) is 18.7. The van der Waals surface area contributed by atoms with Crippen molar-refractivity contribution in [3.63, 3.8) is 0 Å². The molecule has 1 saturated heterocycles. The van der Waals surface area contributed by atoms with Crippen LogP contribution in [0.15, 0.2) is 18.5 Å². The third-order valence-electron chi connectivity index (χ3n) is 5.03. The molecule has 1 aliphatic rings. The van der Waals surface area contributed by atoms with Crippen molar-refractivity contribution in [1.82, 2.24) is 25.3 Å². The summed E-state index contributed by atoms with van der Waals surface area (Å²) in [6, 6.07) is 1.71. The second-order valence-corrected chi connectivity index (χ2v) is 7.91. The topological polar surface area (TPSA) is 125 Å². The third kappa shape index (κ3) is 5.03. The molecule has 32 heavy (non-hydrogen) atoms. The van der Waals surface area contributed by atoms with Crippen LogP contribution in [0, 0.1) is 5.82 Å². The number of halogens is 1. The Kier molecular flexibility index (Phi) is 7.37. The molecule has 4 rings (SSSR count). The highest BCUT2D eigenvalue weighted by Gasteiger charge is 2.28. The number of nitrogens with one attached hydrogen (secondary N) is 3.